The van der Waals surface area contributed by atoms with E-state index in [2.05, 4.69) is 0 Å². The number of carboxylic acids is 1. The molecule has 4 heteroatoms. The molecule has 0 heterocycles. The van der Waals surface area contributed by atoms with Crippen LogP contribution in [-0.2, 0) is 0 Å². The van der Waals surface area contributed by atoms with E-state index in [0.29, 0.717) is 11.1 Å². The highest BCUT2D eigenvalue weighted by atomic mass is 16.4. The predicted molar refractivity (Wildman–Crippen MR) is 57.2 cm³/mol. The van der Waals surface area contributed by atoms with Gasteiger partial charge in [0.05, 0.1) is 5.56 Å². The molecular weight excluding hydrogens is 204 g/mol. The van der Waals surface area contributed by atoms with Gasteiger partial charge in [-0.1, -0.05) is 18.2 Å². The minimum atomic E-state index is -1.08. The summed E-state index contributed by atoms with van der Waals surface area (Å²) < 4.78 is 0. The molecule has 16 heavy (non-hydrogen) atoms. The molecule has 0 aliphatic rings. The van der Waals surface area contributed by atoms with Crippen LogP contribution in [0, 0.1) is 22.7 Å². The molecule has 78 valence electrons. The Balaban J connectivity index is 3.48. The molecule has 1 aromatic rings. The van der Waals surface area contributed by atoms with E-state index in [1.54, 1.807) is 37.3 Å². The number of carboxylic acid groups (broad SMARTS) is 1. The first-order valence-corrected chi connectivity index (χ1v) is 4.45. The second kappa shape index (κ2) is 4.77. The molecular formula is C12H8N2O2. The van der Waals surface area contributed by atoms with Crippen molar-refractivity contribution in [2.75, 3.05) is 0 Å². The zero-order chi connectivity index (χ0) is 12.1. The van der Waals surface area contributed by atoms with Crippen LogP contribution in [-0.4, -0.2) is 11.1 Å². The summed E-state index contributed by atoms with van der Waals surface area (Å²) in [6.07, 6.45) is 0. The molecule has 0 bridgehead atoms. The third kappa shape index (κ3) is 2.08. The van der Waals surface area contributed by atoms with Crippen molar-refractivity contribution >= 4 is 11.5 Å². The summed E-state index contributed by atoms with van der Waals surface area (Å²) >= 11 is 0. The topological polar surface area (TPSA) is 84.9 Å². The average molecular weight is 212 g/mol. The summed E-state index contributed by atoms with van der Waals surface area (Å²) in [5.41, 5.74) is 0.785. The number of rotatable bonds is 2. The summed E-state index contributed by atoms with van der Waals surface area (Å²) in [7, 11) is 0. The van der Waals surface area contributed by atoms with Crippen molar-refractivity contribution in [3.05, 3.63) is 41.0 Å². The lowest BCUT2D eigenvalue weighted by molar-refractivity contribution is 0.0696. The van der Waals surface area contributed by atoms with E-state index in [4.69, 9.17) is 15.6 Å². The smallest absolute Gasteiger partial charge is 0.336 e. The van der Waals surface area contributed by atoms with Crippen LogP contribution >= 0.6 is 0 Å². The average Bonchev–Trinajstić information content (AvgIpc) is 2.30. The Labute approximate surface area is 92.7 Å². The third-order valence-electron chi connectivity index (χ3n) is 2.16. The minimum absolute atomic E-state index is 0.0753. The van der Waals surface area contributed by atoms with Crippen LogP contribution in [0.4, 0.5) is 0 Å². The van der Waals surface area contributed by atoms with Gasteiger partial charge < -0.3 is 5.11 Å². The van der Waals surface area contributed by atoms with Crippen molar-refractivity contribution in [1.82, 2.24) is 0 Å². The molecule has 0 aliphatic heterocycles. The number of benzene rings is 1. The zero-order valence-corrected chi connectivity index (χ0v) is 8.56. The van der Waals surface area contributed by atoms with Crippen LogP contribution < -0.4 is 0 Å². The molecule has 0 radical (unpaired) electrons. The summed E-state index contributed by atoms with van der Waals surface area (Å²) in [6, 6.07) is 9.76. The van der Waals surface area contributed by atoms with Gasteiger partial charge in [-0.3, -0.25) is 0 Å². The molecule has 0 saturated heterocycles. The van der Waals surface area contributed by atoms with Gasteiger partial charge in [0.2, 0.25) is 0 Å². The highest BCUT2D eigenvalue weighted by Crippen LogP contribution is 2.21. The Hall–Kier alpha value is -2.59. The van der Waals surface area contributed by atoms with E-state index in [1.807, 2.05) is 0 Å². The Morgan fingerprint density at radius 2 is 1.69 bits per heavy atom. The monoisotopic (exact) mass is 212 g/mol. The number of hydrogen-bond acceptors (Lipinski definition) is 3. The molecule has 0 amide bonds. The highest BCUT2D eigenvalue weighted by molar-refractivity contribution is 5.95. The molecule has 4 nitrogen and oxygen atoms in total. The van der Waals surface area contributed by atoms with Crippen LogP contribution in [0.3, 0.4) is 0 Å². The first kappa shape index (κ1) is 11.5. The van der Waals surface area contributed by atoms with Crippen molar-refractivity contribution < 1.29 is 9.90 Å². The van der Waals surface area contributed by atoms with Crippen LogP contribution in [0.2, 0.25) is 0 Å². The molecule has 1 rings (SSSR count). The molecule has 0 aromatic heterocycles. The van der Waals surface area contributed by atoms with Gasteiger partial charge in [0.1, 0.15) is 17.7 Å². The summed E-state index contributed by atoms with van der Waals surface area (Å²) in [5, 5.41) is 26.4. The summed E-state index contributed by atoms with van der Waals surface area (Å²) in [5.74, 6) is -1.08. The van der Waals surface area contributed by atoms with Crippen LogP contribution in [0.5, 0.6) is 0 Å². The van der Waals surface area contributed by atoms with E-state index in [9.17, 15) is 4.79 Å². The molecule has 1 aromatic carbocycles. The normalized spacial score (nSPS) is 8.69. The lowest BCUT2D eigenvalue weighted by Crippen LogP contribution is -2.01. The number of allylic oxidation sites excluding steroid dienone is 2. The van der Waals surface area contributed by atoms with Gasteiger partial charge in [0.15, 0.2) is 0 Å². The largest absolute Gasteiger partial charge is 0.478 e. The van der Waals surface area contributed by atoms with Crippen molar-refractivity contribution in [3.63, 3.8) is 0 Å². The number of hydrogen-bond donors (Lipinski definition) is 1. The van der Waals surface area contributed by atoms with Crippen LogP contribution in [0.25, 0.3) is 5.57 Å². The van der Waals surface area contributed by atoms with Crippen molar-refractivity contribution in [2.24, 2.45) is 0 Å². The zero-order valence-electron chi connectivity index (χ0n) is 8.56. The minimum Gasteiger partial charge on any atom is -0.478 e. The van der Waals surface area contributed by atoms with Gasteiger partial charge in [0, 0.05) is 0 Å². The molecule has 0 spiro atoms. The maximum atomic E-state index is 10.9. The molecule has 0 saturated carbocycles. The highest BCUT2D eigenvalue weighted by Gasteiger charge is 2.12. The van der Waals surface area contributed by atoms with Crippen LogP contribution in [0.15, 0.2) is 29.8 Å². The van der Waals surface area contributed by atoms with Gasteiger partial charge in [-0.25, -0.2) is 4.79 Å². The summed E-state index contributed by atoms with van der Waals surface area (Å²) in [6.45, 7) is 1.56. The number of nitriles is 2. The lowest BCUT2D eigenvalue weighted by Gasteiger charge is -2.05. The maximum absolute atomic E-state index is 10.9. The van der Waals surface area contributed by atoms with Crippen LogP contribution in [0.1, 0.15) is 22.8 Å². The van der Waals surface area contributed by atoms with E-state index in [-0.39, 0.29) is 11.1 Å². The first-order valence-electron chi connectivity index (χ1n) is 4.45. The van der Waals surface area contributed by atoms with E-state index >= 15 is 0 Å². The van der Waals surface area contributed by atoms with E-state index in [0.717, 1.165) is 0 Å². The number of nitrogens with zero attached hydrogens (tertiary/aromatic N) is 2. The lowest BCUT2D eigenvalue weighted by atomic mass is 9.97. The first-order chi connectivity index (χ1) is 7.61. The molecule has 0 aliphatic carbocycles. The second-order valence-corrected chi connectivity index (χ2v) is 3.07. The van der Waals surface area contributed by atoms with Gasteiger partial charge in [0.25, 0.3) is 0 Å². The van der Waals surface area contributed by atoms with Gasteiger partial charge >= 0.3 is 5.97 Å². The fourth-order valence-electron chi connectivity index (χ4n) is 1.32. The fraction of sp³-hybridized carbons (Fsp3) is 0.0833. The second-order valence-electron chi connectivity index (χ2n) is 3.07. The standard InChI is InChI=1S/C12H8N2O2/c1-8(9(6-13)7-14)10-4-2-3-5-11(10)12(15)16/h2-5H,1H3,(H,15,16). The van der Waals surface area contributed by atoms with Crippen molar-refractivity contribution in [3.8, 4) is 12.1 Å². The molecule has 0 unspecified atom stereocenters. The van der Waals surface area contributed by atoms with Gasteiger partial charge in [-0.05, 0) is 24.1 Å². The molecule has 1 N–H and O–H groups in total. The maximum Gasteiger partial charge on any atom is 0.336 e. The quantitative estimate of drug-likeness (QED) is 0.761. The Kier molecular flexibility index (Phi) is 3.42. The van der Waals surface area contributed by atoms with Crippen molar-refractivity contribution in [2.45, 2.75) is 6.92 Å². The third-order valence-corrected chi connectivity index (χ3v) is 2.16. The van der Waals surface area contributed by atoms with Gasteiger partial charge in [-0.15, -0.1) is 0 Å². The Morgan fingerprint density at radius 3 is 2.12 bits per heavy atom. The van der Waals surface area contributed by atoms with Crippen molar-refractivity contribution in [1.29, 1.82) is 10.5 Å². The Morgan fingerprint density at radius 1 is 1.19 bits per heavy atom. The molecule has 0 atom stereocenters. The SMILES string of the molecule is CC(=C(C#N)C#N)c1ccccc1C(=O)O. The van der Waals surface area contributed by atoms with Gasteiger partial charge in [-0.2, -0.15) is 10.5 Å². The number of aromatic carboxylic acids is 1. The van der Waals surface area contributed by atoms with E-state index in [1.165, 1.54) is 6.07 Å². The Bertz CT molecular complexity index is 529. The number of carbonyl (C=O) groups is 1. The summed E-state index contributed by atoms with van der Waals surface area (Å²) in [4.78, 5) is 10.9. The predicted octanol–water partition coefficient (Wildman–Crippen LogP) is 2.21. The van der Waals surface area contributed by atoms with E-state index < -0.39 is 5.97 Å². The molecule has 0 fully saturated rings. The fourth-order valence-corrected chi connectivity index (χ4v) is 1.32.